The average Bonchev–Trinajstić information content (AvgIpc) is 3.13. The number of carbonyl (C=O) groups excluding carboxylic acids is 1. The molecule has 25 heavy (non-hydrogen) atoms. The zero-order valence-electron chi connectivity index (χ0n) is 13.5. The van der Waals surface area contributed by atoms with Crippen molar-refractivity contribution in [3.8, 4) is 0 Å². The van der Waals surface area contributed by atoms with Gasteiger partial charge in [-0.3, -0.25) is 9.59 Å². The molecule has 0 saturated heterocycles. The Morgan fingerprint density at radius 3 is 2.52 bits per heavy atom. The third kappa shape index (κ3) is 3.77. The summed E-state index contributed by atoms with van der Waals surface area (Å²) >= 11 is 0. The van der Waals surface area contributed by atoms with Gasteiger partial charge in [0, 0.05) is 17.5 Å². The van der Waals surface area contributed by atoms with Crippen LogP contribution >= 0.6 is 0 Å². The summed E-state index contributed by atoms with van der Waals surface area (Å²) in [5.74, 6) is -1.21. The van der Waals surface area contributed by atoms with Crippen molar-refractivity contribution in [2.24, 2.45) is 0 Å². The van der Waals surface area contributed by atoms with Crippen LogP contribution in [-0.2, 0) is 11.2 Å². The van der Waals surface area contributed by atoms with Crippen LogP contribution in [-0.4, -0.2) is 37.5 Å². The minimum Gasteiger partial charge on any atom is -0.481 e. The van der Waals surface area contributed by atoms with Crippen LogP contribution in [0.25, 0.3) is 0 Å². The second-order valence-corrected chi connectivity index (χ2v) is 5.72. The second kappa shape index (κ2) is 7.04. The van der Waals surface area contributed by atoms with Crippen LogP contribution in [0.5, 0.6) is 0 Å². The van der Waals surface area contributed by atoms with Crippen molar-refractivity contribution < 1.29 is 14.7 Å². The maximum Gasteiger partial charge on any atom is 0.310 e. The zero-order chi connectivity index (χ0) is 17.8. The van der Waals surface area contributed by atoms with Gasteiger partial charge in [0.15, 0.2) is 11.6 Å². The Kier molecular flexibility index (Phi) is 4.65. The minimum absolute atomic E-state index is 0.158. The quantitative estimate of drug-likeness (QED) is 0.668. The molecule has 2 aromatic carbocycles. The van der Waals surface area contributed by atoms with Crippen molar-refractivity contribution >= 4 is 11.8 Å². The average molecular weight is 336 g/mol. The van der Waals surface area contributed by atoms with Gasteiger partial charge in [-0.25, -0.2) is 0 Å². The molecule has 3 aromatic rings. The number of H-pyrrole nitrogens is 1. The number of tetrazole rings is 1. The molecule has 1 atom stereocenters. The first-order valence-corrected chi connectivity index (χ1v) is 7.73. The van der Waals surface area contributed by atoms with Gasteiger partial charge in [0.2, 0.25) is 0 Å². The van der Waals surface area contributed by atoms with E-state index in [1.807, 2.05) is 6.07 Å². The van der Waals surface area contributed by atoms with Crippen LogP contribution in [0.15, 0.2) is 48.5 Å². The van der Waals surface area contributed by atoms with Crippen molar-refractivity contribution in [1.82, 2.24) is 20.6 Å². The fourth-order valence-electron chi connectivity index (χ4n) is 2.52. The summed E-state index contributed by atoms with van der Waals surface area (Å²) in [5, 5.41) is 22.9. The number of aromatic nitrogens is 4. The fourth-order valence-corrected chi connectivity index (χ4v) is 2.52. The SMILES string of the molecule is CC(C(=O)O)c1cccc(C(=O)c2cccc(Cc3nn[nH]n3)c2)c1. The number of nitrogens with one attached hydrogen (secondary N) is 1. The Hall–Kier alpha value is -3.35. The van der Waals surface area contributed by atoms with Gasteiger partial charge in [0.1, 0.15) is 0 Å². The van der Waals surface area contributed by atoms with E-state index < -0.39 is 11.9 Å². The summed E-state index contributed by atoms with van der Waals surface area (Å²) in [4.78, 5) is 23.9. The molecule has 0 amide bonds. The maximum absolute atomic E-state index is 12.7. The molecule has 0 aliphatic rings. The third-order valence-electron chi connectivity index (χ3n) is 3.96. The lowest BCUT2D eigenvalue weighted by Gasteiger charge is -2.09. The van der Waals surface area contributed by atoms with Crippen molar-refractivity contribution in [1.29, 1.82) is 0 Å². The highest BCUT2D eigenvalue weighted by atomic mass is 16.4. The first-order valence-electron chi connectivity index (χ1n) is 7.73. The van der Waals surface area contributed by atoms with E-state index in [4.69, 9.17) is 5.11 Å². The number of carboxylic acid groups (broad SMARTS) is 1. The number of aromatic amines is 1. The Bertz CT molecular complexity index is 906. The molecule has 0 radical (unpaired) electrons. The summed E-state index contributed by atoms with van der Waals surface area (Å²) in [6.45, 7) is 1.59. The first-order chi connectivity index (χ1) is 12.0. The lowest BCUT2D eigenvalue weighted by Crippen LogP contribution is -2.09. The van der Waals surface area contributed by atoms with Gasteiger partial charge in [0.05, 0.1) is 5.92 Å². The van der Waals surface area contributed by atoms with Gasteiger partial charge in [-0.2, -0.15) is 5.21 Å². The molecule has 7 nitrogen and oxygen atoms in total. The van der Waals surface area contributed by atoms with E-state index in [1.54, 1.807) is 49.4 Å². The molecule has 0 aliphatic carbocycles. The molecule has 1 unspecified atom stereocenters. The van der Waals surface area contributed by atoms with Crippen LogP contribution < -0.4 is 0 Å². The van der Waals surface area contributed by atoms with E-state index in [0.717, 1.165) is 5.56 Å². The van der Waals surface area contributed by atoms with Gasteiger partial charge >= 0.3 is 5.97 Å². The molecular formula is C18H16N4O3. The van der Waals surface area contributed by atoms with Gasteiger partial charge in [0.25, 0.3) is 0 Å². The molecule has 1 aromatic heterocycles. The zero-order valence-corrected chi connectivity index (χ0v) is 13.5. The second-order valence-electron chi connectivity index (χ2n) is 5.72. The van der Waals surface area contributed by atoms with E-state index in [-0.39, 0.29) is 5.78 Å². The van der Waals surface area contributed by atoms with Crippen molar-refractivity contribution in [2.75, 3.05) is 0 Å². The normalized spacial score (nSPS) is 11.9. The molecular weight excluding hydrogens is 320 g/mol. The van der Waals surface area contributed by atoms with E-state index in [2.05, 4.69) is 20.6 Å². The standard InChI is InChI=1S/C18H16N4O3/c1-11(18(24)25)13-5-3-7-15(10-13)17(23)14-6-2-4-12(8-14)9-16-19-21-22-20-16/h2-8,10-11H,9H2,1H3,(H,24,25)(H,19,20,21,22). The van der Waals surface area contributed by atoms with Gasteiger partial charge < -0.3 is 5.11 Å². The topological polar surface area (TPSA) is 109 Å². The van der Waals surface area contributed by atoms with Crippen LogP contribution in [0, 0.1) is 0 Å². The number of hydrogen-bond donors (Lipinski definition) is 2. The summed E-state index contributed by atoms with van der Waals surface area (Å²) in [5.41, 5.74) is 2.48. The Morgan fingerprint density at radius 1 is 1.12 bits per heavy atom. The Balaban J connectivity index is 1.86. The van der Waals surface area contributed by atoms with E-state index >= 15 is 0 Å². The van der Waals surface area contributed by atoms with Gasteiger partial charge in [-0.1, -0.05) is 41.6 Å². The Labute approximate surface area is 143 Å². The van der Waals surface area contributed by atoms with Crippen molar-refractivity contribution in [3.63, 3.8) is 0 Å². The fraction of sp³-hybridized carbons (Fsp3) is 0.167. The number of carboxylic acids is 1. The molecule has 0 bridgehead atoms. The van der Waals surface area contributed by atoms with Crippen LogP contribution in [0.1, 0.15) is 45.7 Å². The molecule has 0 spiro atoms. The first kappa shape index (κ1) is 16.5. The number of nitrogens with zero attached hydrogens (tertiary/aromatic N) is 3. The summed E-state index contributed by atoms with van der Waals surface area (Å²) < 4.78 is 0. The molecule has 0 aliphatic heterocycles. The number of hydrogen-bond acceptors (Lipinski definition) is 5. The molecule has 3 rings (SSSR count). The molecule has 7 heteroatoms. The maximum atomic E-state index is 12.7. The number of rotatable bonds is 6. The minimum atomic E-state index is -0.924. The lowest BCUT2D eigenvalue weighted by molar-refractivity contribution is -0.138. The third-order valence-corrected chi connectivity index (χ3v) is 3.96. The summed E-state index contributed by atoms with van der Waals surface area (Å²) in [6.07, 6.45) is 0.466. The van der Waals surface area contributed by atoms with Crippen LogP contribution in [0.3, 0.4) is 0 Å². The summed E-state index contributed by atoms with van der Waals surface area (Å²) in [6, 6.07) is 13.9. The van der Waals surface area contributed by atoms with E-state index in [0.29, 0.717) is 28.9 Å². The molecule has 2 N–H and O–H groups in total. The number of carbonyl (C=O) groups is 2. The highest BCUT2D eigenvalue weighted by molar-refractivity contribution is 6.09. The summed E-state index contributed by atoms with van der Waals surface area (Å²) in [7, 11) is 0. The largest absolute Gasteiger partial charge is 0.481 e. The Morgan fingerprint density at radius 2 is 1.84 bits per heavy atom. The molecule has 1 heterocycles. The number of benzene rings is 2. The van der Waals surface area contributed by atoms with E-state index in [1.165, 1.54) is 0 Å². The monoisotopic (exact) mass is 336 g/mol. The smallest absolute Gasteiger partial charge is 0.310 e. The molecule has 126 valence electrons. The highest BCUT2D eigenvalue weighted by Gasteiger charge is 2.16. The predicted molar refractivity (Wildman–Crippen MR) is 89.4 cm³/mol. The molecule has 0 fully saturated rings. The highest BCUT2D eigenvalue weighted by Crippen LogP contribution is 2.19. The predicted octanol–water partition coefficient (Wildman–Crippen LogP) is 2.21. The van der Waals surface area contributed by atoms with E-state index in [9.17, 15) is 9.59 Å². The van der Waals surface area contributed by atoms with Crippen molar-refractivity contribution in [3.05, 3.63) is 76.6 Å². The van der Waals surface area contributed by atoms with Crippen LogP contribution in [0.2, 0.25) is 0 Å². The molecule has 0 saturated carbocycles. The number of aliphatic carboxylic acids is 1. The lowest BCUT2D eigenvalue weighted by atomic mass is 9.95. The van der Waals surface area contributed by atoms with Crippen molar-refractivity contribution in [2.45, 2.75) is 19.3 Å². The number of ketones is 1. The van der Waals surface area contributed by atoms with Crippen LogP contribution in [0.4, 0.5) is 0 Å². The van der Waals surface area contributed by atoms with Gasteiger partial charge in [-0.15, -0.1) is 10.2 Å². The van der Waals surface area contributed by atoms with Gasteiger partial charge in [-0.05, 0) is 30.2 Å².